The van der Waals surface area contributed by atoms with Gasteiger partial charge in [-0.3, -0.25) is 0 Å². The Hall–Kier alpha value is -0.560. The maximum absolute atomic E-state index is 5.50. The molecule has 1 aliphatic rings. The Morgan fingerprint density at radius 1 is 1.33 bits per heavy atom. The van der Waals surface area contributed by atoms with Crippen LogP contribution in [0.25, 0.3) is 0 Å². The summed E-state index contributed by atoms with van der Waals surface area (Å²) in [7, 11) is 1.77. The molecule has 0 saturated heterocycles. The van der Waals surface area contributed by atoms with Crippen LogP contribution in [0.1, 0.15) is 27.2 Å². The molecule has 1 aliphatic carbocycles. The van der Waals surface area contributed by atoms with Crippen LogP contribution in [0.5, 0.6) is 0 Å². The number of rotatable bonds is 2. The summed E-state index contributed by atoms with van der Waals surface area (Å²) in [6, 6.07) is 0. The van der Waals surface area contributed by atoms with Gasteiger partial charge < -0.3 is 4.74 Å². The third kappa shape index (κ3) is 1.78. The number of ether oxygens (including phenoxy) is 1. The van der Waals surface area contributed by atoms with Crippen molar-refractivity contribution in [2.24, 2.45) is 5.41 Å². The predicted molar refractivity (Wildman–Crippen MR) is 52.1 cm³/mol. The molecule has 0 bridgehead atoms. The number of methoxy groups -OCH3 is 1. The average molecular weight is 166 g/mol. The fraction of sp³-hybridized carbons (Fsp3) is 0.636. The molecule has 0 radical (unpaired) electrons. The summed E-state index contributed by atoms with van der Waals surface area (Å²) >= 11 is 0. The lowest BCUT2D eigenvalue weighted by Gasteiger charge is -2.26. The van der Waals surface area contributed by atoms with Crippen molar-refractivity contribution in [1.29, 1.82) is 0 Å². The molecule has 0 saturated carbocycles. The second-order valence-corrected chi connectivity index (χ2v) is 4.16. The molecular weight excluding hydrogens is 148 g/mol. The van der Waals surface area contributed by atoms with E-state index in [9.17, 15) is 0 Å². The largest absolute Gasteiger partial charge is 0.370 e. The van der Waals surface area contributed by atoms with E-state index in [2.05, 4.69) is 38.2 Å². The molecule has 0 amide bonds. The standard InChI is InChI=1S/C11H18O/c1-5-6-11(12-4)8-7-10(2,3)9-11/h5-8H,9H2,1-4H3/b6-5-. The summed E-state index contributed by atoms with van der Waals surface area (Å²) in [4.78, 5) is 0. The molecule has 0 fully saturated rings. The van der Waals surface area contributed by atoms with E-state index in [0.717, 1.165) is 6.42 Å². The van der Waals surface area contributed by atoms with Gasteiger partial charge in [0.1, 0.15) is 5.60 Å². The normalized spacial score (nSPS) is 33.3. The molecule has 0 aromatic carbocycles. The van der Waals surface area contributed by atoms with Gasteiger partial charge in [-0.05, 0) is 18.8 Å². The average Bonchev–Trinajstić information content (AvgIpc) is 2.29. The Balaban J connectivity index is 2.82. The lowest BCUT2D eigenvalue weighted by atomic mass is 9.88. The molecule has 1 unspecified atom stereocenters. The molecule has 12 heavy (non-hydrogen) atoms. The van der Waals surface area contributed by atoms with Gasteiger partial charge in [0.15, 0.2) is 0 Å². The van der Waals surface area contributed by atoms with E-state index in [-0.39, 0.29) is 11.0 Å². The smallest absolute Gasteiger partial charge is 0.105 e. The fourth-order valence-electron chi connectivity index (χ4n) is 1.80. The molecule has 1 heteroatoms. The van der Waals surface area contributed by atoms with Gasteiger partial charge in [-0.25, -0.2) is 0 Å². The van der Waals surface area contributed by atoms with Crippen molar-refractivity contribution >= 4 is 0 Å². The zero-order chi connectivity index (χ0) is 9.24. The number of hydrogen-bond acceptors (Lipinski definition) is 1. The first-order chi connectivity index (χ1) is 5.54. The number of allylic oxidation sites excluding steroid dienone is 2. The quantitative estimate of drug-likeness (QED) is 0.573. The van der Waals surface area contributed by atoms with Gasteiger partial charge in [0.25, 0.3) is 0 Å². The summed E-state index contributed by atoms with van der Waals surface area (Å²) < 4.78 is 5.50. The molecule has 0 spiro atoms. The molecule has 0 N–H and O–H groups in total. The zero-order valence-corrected chi connectivity index (χ0v) is 8.42. The summed E-state index contributed by atoms with van der Waals surface area (Å²) in [5.41, 5.74) is 0.133. The highest BCUT2D eigenvalue weighted by Gasteiger charge is 2.36. The summed E-state index contributed by atoms with van der Waals surface area (Å²) in [6.07, 6.45) is 9.61. The summed E-state index contributed by atoms with van der Waals surface area (Å²) in [5.74, 6) is 0. The van der Waals surface area contributed by atoms with Gasteiger partial charge in [-0.15, -0.1) is 0 Å². The minimum absolute atomic E-state index is 0.141. The molecule has 1 rings (SSSR count). The third-order valence-corrected chi connectivity index (χ3v) is 2.38. The van der Waals surface area contributed by atoms with Crippen LogP contribution in [0, 0.1) is 5.41 Å². The van der Waals surface area contributed by atoms with Crippen LogP contribution in [-0.4, -0.2) is 12.7 Å². The Morgan fingerprint density at radius 3 is 2.33 bits per heavy atom. The first kappa shape index (κ1) is 9.53. The zero-order valence-electron chi connectivity index (χ0n) is 8.42. The molecule has 0 aromatic rings. The van der Waals surface area contributed by atoms with Crippen LogP contribution >= 0.6 is 0 Å². The highest BCUT2D eigenvalue weighted by molar-refractivity contribution is 5.24. The molecule has 0 heterocycles. The Kier molecular flexibility index (Phi) is 2.43. The van der Waals surface area contributed by atoms with E-state index in [1.54, 1.807) is 7.11 Å². The highest BCUT2D eigenvalue weighted by atomic mass is 16.5. The molecule has 0 aliphatic heterocycles. The van der Waals surface area contributed by atoms with E-state index in [4.69, 9.17) is 4.74 Å². The van der Waals surface area contributed by atoms with Crippen molar-refractivity contribution in [3.8, 4) is 0 Å². The first-order valence-electron chi connectivity index (χ1n) is 4.43. The van der Waals surface area contributed by atoms with Crippen LogP contribution in [0.3, 0.4) is 0 Å². The van der Waals surface area contributed by atoms with Crippen molar-refractivity contribution < 1.29 is 4.74 Å². The van der Waals surface area contributed by atoms with Crippen molar-refractivity contribution in [3.05, 3.63) is 24.3 Å². The molecule has 1 atom stereocenters. The second-order valence-electron chi connectivity index (χ2n) is 4.16. The van der Waals surface area contributed by atoms with Gasteiger partial charge in [-0.1, -0.05) is 38.2 Å². The molecule has 68 valence electrons. The van der Waals surface area contributed by atoms with Crippen molar-refractivity contribution in [1.82, 2.24) is 0 Å². The van der Waals surface area contributed by atoms with Gasteiger partial charge in [0.2, 0.25) is 0 Å². The Morgan fingerprint density at radius 2 is 2.00 bits per heavy atom. The van der Waals surface area contributed by atoms with E-state index in [1.165, 1.54) is 0 Å². The first-order valence-corrected chi connectivity index (χ1v) is 4.43. The maximum Gasteiger partial charge on any atom is 0.105 e. The van der Waals surface area contributed by atoms with Crippen molar-refractivity contribution in [3.63, 3.8) is 0 Å². The van der Waals surface area contributed by atoms with Crippen LogP contribution < -0.4 is 0 Å². The van der Waals surface area contributed by atoms with Gasteiger partial charge in [0.05, 0.1) is 0 Å². The van der Waals surface area contributed by atoms with Crippen molar-refractivity contribution in [2.75, 3.05) is 7.11 Å². The molecular formula is C11H18O. The van der Waals surface area contributed by atoms with Crippen LogP contribution in [0.15, 0.2) is 24.3 Å². The minimum Gasteiger partial charge on any atom is -0.370 e. The molecule has 0 aromatic heterocycles. The third-order valence-electron chi connectivity index (χ3n) is 2.38. The SMILES string of the molecule is C/C=C\C1(OC)C=CC(C)(C)C1. The van der Waals surface area contributed by atoms with E-state index >= 15 is 0 Å². The summed E-state index contributed by atoms with van der Waals surface area (Å²) in [5, 5.41) is 0. The topological polar surface area (TPSA) is 9.23 Å². The molecule has 1 nitrogen and oxygen atoms in total. The van der Waals surface area contributed by atoms with Gasteiger partial charge in [0, 0.05) is 7.11 Å². The lowest BCUT2D eigenvalue weighted by Crippen LogP contribution is -2.26. The van der Waals surface area contributed by atoms with Crippen LogP contribution in [0.2, 0.25) is 0 Å². The highest BCUT2D eigenvalue weighted by Crippen LogP contribution is 2.39. The summed E-state index contributed by atoms with van der Waals surface area (Å²) in [6.45, 7) is 6.49. The second kappa shape index (κ2) is 3.06. The fourth-order valence-corrected chi connectivity index (χ4v) is 1.80. The maximum atomic E-state index is 5.50. The van der Waals surface area contributed by atoms with Gasteiger partial charge >= 0.3 is 0 Å². The van der Waals surface area contributed by atoms with Gasteiger partial charge in [-0.2, -0.15) is 0 Å². The lowest BCUT2D eigenvalue weighted by molar-refractivity contribution is 0.0570. The van der Waals surface area contributed by atoms with E-state index in [0.29, 0.717) is 0 Å². The predicted octanol–water partition coefficient (Wildman–Crippen LogP) is 2.93. The monoisotopic (exact) mass is 166 g/mol. The van der Waals surface area contributed by atoms with E-state index < -0.39 is 0 Å². The van der Waals surface area contributed by atoms with Crippen LogP contribution in [0.4, 0.5) is 0 Å². The van der Waals surface area contributed by atoms with E-state index in [1.807, 2.05) is 6.92 Å². The van der Waals surface area contributed by atoms with Crippen molar-refractivity contribution in [2.45, 2.75) is 32.8 Å². The van der Waals surface area contributed by atoms with Crippen LogP contribution in [-0.2, 0) is 4.74 Å². The Bertz CT molecular complexity index is 213. The number of hydrogen-bond donors (Lipinski definition) is 0. The Labute approximate surface area is 75.1 Å². The minimum atomic E-state index is -0.141.